The summed E-state index contributed by atoms with van der Waals surface area (Å²) in [4.78, 5) is 19.6. The number of alkyl carbamates (subject to hydrolysis) is 1. The fourth-order valence-electron chi connectivity index (χ4n) is 1.74. The van der Waals surface area contributed by atoms with Gasteiger partial charge < -0.3 is 25.3 Å². The molecule has 0 aliphatic carbocycles. The van der Waals surface area contributed by atoms with Gasteiger partial charge >= 0.3 is 6.09 Å². The quantitative estimate of drug-likeness (QED) is 0.395. The SMILES string of the molecule is CN=C(NCCCNC(=O)OC(C)(C)C)NCCn1ccnc1. The minimum absolute atomic E-state index is 0.389. The van der Waals surface area contributed by atoms with Crippen LogP contribution in [0, 0.1) is 0 Å². The summed E-state index contributed by atoms with van der Waals surface area (Å²) >= 11 is 0. The van der Waals surface area contributed by atoms with E-state index >= 15 is 0 Å². The lowest BCUT2D eigenvalue weighted by Gasteiger charge is -2.19. The number of guanidine groups is 1. The third-order valence-corrected chi connectivity index (χ3v) is 2.76. The van der Waals surface area contributed by atoms with Crippen molar-refractivity contribution >= 4 is 12.1 Å². The zero-order valence-electron chi connectivity index (χ0n) is 14.4. The molecule has 130 valence electrons. The van der Waals surface area contributed by atoms with Crippen LogP contribution in [0.25, 0.3) is 0 Å². The number of amides is 1. The number of hydrogen-bond acceptors (Lipinski definition) is 4. The number of hydrogen-bond donors (Lipinski definition) is 3. The number of imidazole rings is 1. The van der Waals surface area contributed by atoms with Crippen molar-refractivity contribution in [3.63, 3.8) is 0 Å². The number of aromatic nitrogens is 2. The normalized spacial score (nSPS) is 11.9. The average molecular weight is 324 g/mol. The predicted octanol–water partition coefficient (Wildman–Crippen LogP) is 0.963. The van der Waals surface area contributed by atoms with Crippen molar-refractivity contribution in [2.24, 2.45) is 4.99 Å². The molecule has 0 radical (unpaired) electrons. The van der Waals surface area contributed by atoms with Gasteiger partial charge in [-0.3, -0.25) is 4.99 Å². The second-order valence-electron chi connectivity index (χ2n) is 6.01. The highest BCUT2D eigenvalue weighted by molar-refractivity contribution is 5.79. The lowest BCUT2D eigenvalue weighted by molar-refractivity contribution is 0.0527. The van der Waals surface area contributed by atoms with Crippen molar-refractivity contribution in [1.29, 1.82) is 0 Å². The van der Waals surface area contributed by atoms with Crippen LogP contribution in [0.5, 0.6) is 0 Å². The third-order valence-electron chi connectivity index (χ3n) is 2.76. The maximum atomic E-state index is 11.5. The first-order valence-electron chi connectivity index (χ1n) is 7.78. The topological polar surface area (TPSA) is 92.6 Å². The molecule has 0 fully saturated rings. The first kappa shape index (κ1) is 18.8. The summed E-state index contributed by atoms with van der Waals surface area (Å²) in [5.74, 6) is 0.738. The van der Waals surface area contributed by atoms with Gasteiger partial charge in [0.1, 0.15) is 5.60 Å². The molecule has 8 nitrogen and oxygen atoms in total. The van der Waals surface area contributed by atoms with Gasteiger partial charge in [-0.1, -0.05) is 0 Å². The zero-order valence-corrected chi connectivity index (χ0v) is 14.4. The molecule has 0 unspecified atom stereocenters. The van der Waals surface area contributed by atoms with Crippen molar-refractivity contribution in [2.75, 3.05) is 26.7 Å². The fraction of sp³-hybridized carbons (Fsp3) is 0.667. The maximum Gasteiger partial charge on any atom is 0.407 e. The van der Waals surface area contributed by atoms with Crippen molar-refractivity contribution < 1.29 is 9.53 Å². The van der Waals surface area contributed by atoms with E-state index in [1.54, 1.807) is 19.6 Å². The van der Waals surface area contributed by atoms with Crippen LogP contribution >= 0.6 is 0 Å². The minimum atomic E-state index is -0.469. The van der Waals surface area contributed by atoms with Crippen LogP contribution in [0.2, 0.25) is 0 Å². The standard InChI is InChI=1S/C15H28N6O2/c1-15(2,3)23-14(22)20-7-5-6-18-13(16-4)19-9-11-21-10-8-17-12-21/h8,10,12H,5-7,9,11H2,1-4H3,(H,20,22)(H2,16,18,19). The van der Waals surface area contributed by atoms with E-state index in [9.17, 15) is 4.79 Å². The maximum absolute atomic E-state index is 11.5. The molecule has 0 atom stereocenters. The Labute approximate surface area is 137 Å². The van der Waals surface area contributed by atoms with E-state index in [-0.39, 0.29) is 6.09 Å². The van der Waals surface area contributed by atoms with Gasteiger partial charge in [0.05, 0.1) is 6.33 Å². The Morgan fingerprint density at radius 1 is 1.22 bits per heavy atom. The molecular formula is C15H28N6O2. The predicted molar refractivity (Wildman–Crippen MR) is 90.4 cm³/mol. The second-order valence-corrected chi connectivity index (χ2v) is 6.01. The molecule has 1 amide bonds. The zero-order chi connectivity index (χ0) is 17.1. The van der Waals surface area contributed by atoms with Gasteiger partial charge in [0, 0.05) is 45.6 Å². The summed E-state index contributed by atoms with van der Waals surface area (Å²) in [6.45, 7) is 8.36. The molecule has 0 bridgehead atoms. The van der Waals surface area contributed by atoms with Crippen molar-refractivity contribution in [3.8, 4) is 0 Å². The van der Waals surface area contributed by atoms with E-state index < -0.39 is 5.60 Å². The van der Waals surface area contributed by atoms with Gasteiger partial charge in [-0.25, -0.2) is 9.78 Å². The van der Waals surface area contributed by atoms with Crippen LogP contribution in [0.4, 0.5) is 4.79 Å². The van der Waals surface area contributed by atoms with Gasteiger partial charge in [0.15, 0.2) is 5.96 Å². The van der Waals surface area contributed by atoms with Gasteiger partial charge in [-0.2, -0.15) is 0 Å². The van der Waals surface area contributed by atoms with Crippen LogP contribution in [-0.4, -0.2) is 53.9 Å². The molecule has 1 aromatic heterocycles. The van der Waals surface area contributed by atoms with E-state index in [1.807, 2.05) is 31.5 Å². The average Bonchev–Trinajstić information content (AvgIpc) is 2.96. The van der Waals surface area contributed by atoms with Crippen LogP contribution in [0.15, 0.2) is 23.7 Å². The van der Waals surface area contributed by atoms with Crippen molar-refractivity contribution in [2.45, 2.75) is 39.3 Å². The summed E-state index contributed by atoms with van der Waals surface area (Å²) in [7, 11) is 1.73. The number of carbonyl (C=O) groups is 1. The summed E-state index contributed by atoms with van der Waals surface area (Å²) in [6.07, 6.45) is 5.84. The third kappa shape index (κ3) is 9.38. The highest BCUT2D eigenvalue weighted by atomic mass is 16.6. The molecule has 0 aliphatic heterocycles. The second kappa shape index (κ2) is 9.70. The van der Waals surface area contributed by atoms with Gasteiger partial charge in [-0.15, -0.1) is 0 Å². The number of carbonyl (C=O) groups excluding carboxylic acids is 1. The van der Waals surface area contributed by atoms with E-state index in [4.69, 9.17) is 4.74 Å². The molecule has 1 rings (SSSR count). The van der Waals surface area contributed by atoms with E-state index in [1.165, 1.54) is 0 Å². The monoisotopic (exact) mass is 324 g/mol. The molecule has 0 saturated carbocycles. The van der Waals surface area contributed by atoms with Crippen molar-refractivity contribution in [3.05, 3.63) is 18.7 Å². The van der Waals surface area contributed by atoms with Crippen LogP contribution in [-0.2, 0) is 11.3 Å². The minimum Gasteiger partial charge on any atom is -0.444 e. The Hall–Kier alpha value is -2.25. The first-order valence-corrected chi connectivity index (χ1v) is 7.78. The molecule has 3 N–H and O–H groups in total. The molecule has 8 heteroatoms. The largest absolute Gasteiger partial charge is 0.444 e. The molecule has 1 aromatic rings. The van der Waals surface area contributed by atoms with E-state index in [0.717, 1.165) is 25.5 Å². The Morgan fingerprint density at radius 3 is 2.52 bits per heavy atom. The summed E-state index contributed by atoms with van der Waals surface area (Å²) in [5.41, 5.74) is -0.469. The fourth-order valence-corrected chi connectivity index (χ4v) is 1.74. The number of nitrogens with one attached hydrogen (secondary N) is 3. The van der Waals surface area contributed by atoms with Crippen molar-refractivity contribution in [1.82, 2.24) is 25.5 Å². The van der Waals surface area contributed by atoms with Crippen LogP contribution < -0.4 is 16.0 Å². The van der Waals surface area contributed by atoms with Gasteiger partial charge in [-0.05, 0) is 27.2 Å². The highest BCUT2D eigenvalue weighted by Gasteiger charge is 2.15. The molecule has 23 heavy (non-hydrogen) atoms. The lowest BCUT2D eigenvalue weighted by atomic mass is 10.2. The Morgan fingerprint density at radius 2 is 1.91 bits per heavy atom. The molecule has 0 spiro atoms. The molecule has 0 aliphatic rings. The molecular weight excluding hydrogens is 296 g/mol. The highest BCUT2D eigenvalue weighted by Crippen LogP contribution is 2.06. The van der Waals surface area contributed by atoms with Crippen LogP contribution in [0.3, 0.4) is 0 Å². The van der Waals surface area contributed by atoms with Gasteiger partial charge in [0.25, 0.3) is 0 Å². The Kier molecular flexibility index (Phi) is 7.93. The Bertz CT molecular complexity index is 479. The number of ether oxygens (including phenoxy) is 1. The van der Waals surface area contributed by atoms with E-state index in [0.29, 0.717) is 13.1 Å². The van der Waals surface area contributed by atoms with Gasteiger partial charge in [0.2, 0.25) is 0 Å². The number of aliphatic imine (C=N–C) groups is 1. The molecule has 0 aromatic carbocycles. The summed E-state index contributed by atoms with van der Waals surface area (Å²) in [5, 5.41) is 9.13. The smallest absolute Gasteiger partial charge is 0.407 e. The lowest BCUT2D eigenvalue weighted by Crippen LogP contribution is -2.40. The Balaban J connectivity index is 2.07. The number of rotatable bonds is 7. The first-order chi connectivity index (χ1) is 10.9. The van der Waals surface area contributed by atoms with Crippen LogP contribution in [0.1, 0.15) is 27.2 Å². The summed E-state index contributed by atoms with van der Waals surface area (Å²) in [6, 6.07) is 0. The number of nitrogens with zero attached hydrogens (tertiary/aromatic N) is 3. The molecule has 1 heterocycles. The van der Waals surface area contributed by atoms with E-state index in [2.05, 4.69) is 25.9 Å². The summed E-state index contributed by atoms with van der Waals surface area (Å²) < 4.78 is 7.15. The molecule has 0 saturated heterocycles.